The van der Waals surface area contributed by atoms with Gasteiger partial charge in [-0.2, -0.15) is 0 Å². The maximum absolute atomic E-state index is 3.65. The van der Waals surface area contributed by atoms with Crippen molar-refractivity contribution in [3.8, 4) is 0 Å². The van der Waals surface area contributed by atoms with Crippen LogP contribution in [0.5, 0.6) is 0 Å². The molecule has 0 aromatic heterocycles. The van der Waals surface area contributed by atoms with E-state index >= 15 is 0 Å². The minimum atomic E-state index is 0.749. The largest absolute Gasteiger partial charge is 0.314 e. The Morgan fingerprint density at radius 3 is 2.41 bits per heavy atom. The molecule has 1 aromatic rings. The third-order valence-electron chi connectivity index (χ3n) is 4.01. The fraction of sp³-hybridized carbons (Fsp3) is 0.625. The molecule has 1 unspecified atom stereocenters. The molecule has 0 heterocycles. The molecule has 0 radical (unpaired) electrons. The van der Waals surface area contributed by atoms with E-state index < -0.39 is 0 Å². The quantitative estimate of drug-likeness (QED) is 0.788. The van der Waals surface area contributed by atoms with Gasteiger partial charge in [0.1, 0.15) is 0 Å². The van der Waals surface area contributed by atoms with Gasteiger partial charge in [0.2, 0.25) is 0 Å². The predicted molar refractivity (Wildman–Crippen MR) is 74.4 cm³/mol. The average molecular weight is 231 g/mol. The molecule has 0 saturated heterocycles. The van der Waals surface area contributed by atoms with Gasteiger partial charge in [-0.05, 0) is 68.7 Å². The number of hydrogen-bond donors (Lipinski definition) is 1. The highest BCUT2D eigenvalue weighted by Gasteiger charge is 2.30. The second kappa shape index (κ2) is 5.68. The smallest absolute Gasteiger partial charge is 0.00983 e. The van der Waals surface area contributed by atoms with Gasteiger partial charge in [-0.3, -0.25) is 0 Å². The molecule has 0 amide bonds. The first-order valence-corrected chi connectivity index (χ1v) is 7.00. The maximum atomic E-state index is 3.65. The molecule has 1 saturated carbocycles. The molecule has 1 aliphatic rings. The molecule has 1 aliphatic carbocycles. The molecule has 0 aliphatic heterocycles. The van der Waals surface area contributed by atoms with Crippen LogP contribution in [0.2, 0.25) is 0 Å². The van der Waals surface area contributed by atoms with Crippen LogP contribution >= 0.6 is 0 Å². The summed E-state index contributed by atoms with van der Waals surface area (Å²) in [6, 6.07) is 7.39. The molecule has 1 nitrogen and oxygen atoms in total. The Labute approximate surface area is 106 Å². The Bertz CT molecular complexity index is 346. The molecule has 2 rings (SSSR count). The summed E-state index contributed by atoms with van der Waals surface area (Å²) < 4.78 is 0. The van der Waals surface area contributed by atoms with Gasteiger partial charge >= 0.3 is 0 Å². The molecule has 0 bridgehead atoms. The van der Waals surface area contributed by atoms with Crippen LogP contribution < -0.4 is 5.32 Å². The third kappa shape index (κ3) is 3.32. The van der Waals surface area contributed by atoms with Crippen molar-refractivity contribution in [2.75, 3.05) is 6.54 Å². The molecule has 0 spiro atoms. The van der Waals surface area contributed by atoms with Crippen LogP contribution in [-0.2, 0) is 6.42 Å². The summed E-state index contributed by atoms with van der Waals surface area (Å²) in [4.78, 5) is 0. The minimum absolute atomic E-state index is 0.749. The number of rotatable bonds is 6. The maximum Gasteiger partial charge on any atom is 0.00983 e. The average Bonchev–Trinajstić information content (AvgIpc) is 3.10. The van der Waals surface area contributed by atoms with Crippen molar-refractivity contribution in [3.05, 3.63) is 34.9 Å². The topological polar surface area (TPSA) is 12.0 Å². The van der Waals surface area contributed by atoms with Crippen molar-refractivity contribution >= 4 is 0 Å². The Hall–Kier alpha value is -0.820. The van der Waals surface area contributed by atoms with Crippen molar-refractivity contribution < 1.29 is 0 Å². The van der Waals surface area contributed by atoms with E-state index in [2.05, 4.69) is 44.3 Å². The van der Waals surface area contributed by atoms with Gasteiger partial charge in [-0.1, -0.05) is 25.1 Å². The number of aryl methyl sites for hydroxylation is 2. The molecular formula is C16H25N. The van der Waals surface area contributed by atoms with Crippen molar-refractivity contribution in [2.45, 2.75) is 52.5 Å². The van der Waals surface area contributed by atoms with Crippen molar-refractivity contribution in [2.24, 2.45) is 5.92 Å². The van der Waals surface area contributed by atoms with E-state index in [1.165, 1.54) is 36.8 Å². The predicted octanol–water partition coefficient (Wildman–Crippen LogP) is 3.62. The fourth-order valence-electron chi connectivity index (χ4n) is 2.81. The van der Waals surface area contributed by atoms with E-state index in [1.807, 2.05) is 0 Å². The Morgan fingerprint density at radius 1 is 1.24 bits per heavy atom. The van der Waals surface area contributed by atoms with Gasteiger partial charge in [0, 0.05) is 6.04 Å². The standard InChI is InChI=1S/C16H25N/c1-4-17-16(14-8-9-14)11-10-15-12(2)6-5-7-13(15)3/h5-7,14,16-17H,4,8-11H2,1-3H3. The number of benzene rings is 1. The van der Waals surface area contributed by atoms with E-state index in [0.717, 1.165) is 18.5 Å². The Kier molecular flexibility index (Phi) is 4.22. The van der Waals surface area contributed by atoms with Gasteiger partial charge in [0.25, 0.3) is 0 Å². The zero-order chi connectivity index (χ0) is 12.3. The molecule has 1 fully saturated rings. The van der Waals surface area contributed by atoms with Gasteiger partial charge < -0.3 is 5.32 Å². The van der Waals surface area contributed by atoms with Gasteiger partial charge in [-0.25, -0.2) is 0 Å². The fourth-order valence-corrected chi connectivity index (χ4v) is 2.81. The number of nitrogens with one attached hydrogen (secondary N) is 1. The van der Waals surface area contributed by atoms with Gasteiger partial charge in [0.05, 0.1) is 0 Å². The first-order valence-electron chi connectivity index (χ1n) is 7.00. The van der Waals surface area contributed by atoms with Crippen molar-refractivity contribution in [3.63, 3.8) is 0 Å². The lowest BCUT2D eigenvalue weighted by Gasteiger charge is -2.18. The van der Waals surface area contributed by atoms with Crippen LogP contribution in [0.3, 0.4) is 0 Å². The zero-order valence-corrected chi connectivity index (χ0v) is 11.4. The van der Waals surface area contributed by atoms with Gasteiger partial charge in [0.15, 0.2) is 0 Å². The van der Waals surface area contributed by atoms with Crippen LogP contribution in [0.1, 0.15) is 42.9 Å². The zero-order valence-electron chi connectivity index (χ0n) is 11.4. The second-order valence-electron chi connectivity index (χ2n) is 5.41. The minimum Gasteiger partial charge on any atom is -0.314 e. The lowest BCUT2D eigenvalue weighted by molar-refractivity contribution is 0.445. The summed E-state index contributed by atoms with van der Waals surface area (Å²) in [6.07, 6.45) is 5.39. The molecule has 17 heavy (non-hydrogen) atoms. The second-order valence-corrected chi connectivity index (χ2v) is 5.41. The van der Waals surface area contributed by atoms with Crippen LogP contribution in [0.15, 0.2) is 18.2 Å². The summed E-state index contributed by atoms with van der Waals surface area (Å²) in [5.41, 5.74) is 4.48. The summed E-state index contributed by atoms with van der Waals surface area (Å²) in [5.74, 6) is 0.958. The van der Waals surface area contributed by atoms with E-state index in [4.69, 9.17) is 0 Å². The highest BCUT2D eigenvalue weighted by Crippen LogP contribution is 2.34. The van der Waals surface area contributed by atoms with Crippen molar-refractivity contribution in [1.29, 1.82) is 0 Å². The lowest BCUT2D eigenvalue weighted by atomic mass is 9.95. The van der Waals surface area contributed by atoms with E-state index in [-0.39, 0.29) is 0 Å². The van der Waals surface area contributed by atoms with Crippen LogP contribution in [0.4, 0.5) is 0 Å². The summed E-state index contributed by atoms with van der Waals surface area (Å²) in [5, 5.41) is 3.65. The highest BCUT2D eigenvalue weighted by molar-refractivity contribution is 5.33. The summed E-state index contributed by atoms with van der Waals surface area (Å²) in [6.45, 7) is 7.80. The van der Waals surface area contributed by atoms with Gasteiger partial charge in [-0.15, -0.1) is 0 Å². The summed E-state index contributed by atoms with van der Waals surface area (Å²) in [7, 11) is 0. The van der Waals surface area contributed by atoms with E-state index in [0.29, 0.717) is 0 Å². The normalized spacial score (nSPS) is 17.1. The molecule has 1 heteroatoms. The van der Waals surface area contributed by atoms with Crippen LogP contribution in [0.25, 0.3) is 0 Å². The molecule has 94 valence electrons. The lowest BCUT2D eigenvalue weighted by Crippen LogP contribution is -2.31. The molecular weight excluding hydrogens is 206 g/mol. The first-order chi connectivity index (χ1) is 8.22. The third-order valence-corrected chi connectivity index (χ3v) is 4.01. The number of hydrogen-bond acceptors (Lipinski definition) is 1. The molecule has 1 aromatic carbocycles. The summed E-state index contributed by atoms with van der Waals surface area (Å²) >= 11 is 0. The first kappa shape index (κ1) is 12.6. The molecule has 1 N–H and O–H groups in total. The van der Waals surface area contributed by atoms with Crippen LogP contribution in [-0.4, -0.2) is 12.6 Å². The SMILES string of the molecule is CCNC(CCc1c(C)cccc1C)C1CC1. The van der Waals surface area contributed by atoms with E-state index in [1.54, 1.807) is 5.56 Å². The Balaban J connectivity index is 1.95. The Morgan fingerprint density at radius 2 is 1.88 bits per heavy atom. The monoisotopic (exact) mass is 231 g/mol. The van der Waals surface area contributed by atoms with E-state index in [9.17, 15) is 0 Å². The van der Waals surface area contributed by atoms with Crippen LogP contribution in [0, 0.1) is 19.8 Å². The molecule has 1 atom stereocenters. The van der Waals surface area contributed by atoms with Crippen molar-refractivity contribution in [1.82, 2.24) is 5.32 Å². The highest BCUT2D eigenvalue weighted by atomic mass is 14.9.